The summed E-state index contributed by atoms with van der Waals surface area (Å²) in [5, 5.41) is 2.98. The highest BCUT2D eigenvalue weighted by atomic mass is 16.3. The molecule has 0 atom stereocenters. The van der Waals surface area contributed by atoms with Gasteiger partial charge < -0.3 is 14.6 Å². The zero-order valence-corrected chi connectivity index (χ0v) is 13.0. The summed E-state index contributed by atoms with van der Waals surface area (Å²) in [4.78, 5) is 30.2. The van der Waals surface area contributed by atoms with Crippen LogP contribution in [-0.2, 0) is 0 Å². The number of likely N-dealkylation sites (tertiary alicyclic amines) is 1. The van der Waals surface area contributed by atoms with Crippen LogP contribution in [0.2, 0.25) is 0 Å². The van der Waals surface area contributed by atoms with Crippen molar-refractivity contribution in [2.75, 3.05) is 13.1 Å². The van der Waals surface area contributed by atoms with Crippen molar-refractivity contribution >= 4 is 11.8 Å². The molecule has 2 aromatic rings. The van der Waals surface area contributed by atoms with Crippen molar-refractivity contribution in [2.45, 2.75) is 25.8 Å². The minimum absolute atomic E-state index is 0.0130. The van der Waals surface area contributed by atoms with Crippen LogP contribution in [0.15, 0.2) is 41.3 Å². The first-order valence-electron chi connectivity index (χ1n) is 7.69. The Bertz CT molecular complexity index is 688. The molecule has 1 aliphatic rings. The van der Waals surface area contributed by atoms with Crippen molar-refractivity contribution in [3.05, 3.63) is 53.7 Å². The van der Waals surface area contributed by atoms with Gasteiger partial charge >= 0.3 is 0 Å². The van der Waals surface area contributed by atoms with Crippen molar-refractivity contribution in [3.63, 3.8) is 0 Å². The lowest BCUT2D eigenvalue weighted by molar-refractivity contribution is 0.0695. The standard InChI is InChI=1S/C17H19N3O3/c1-12-6-11-23-15(12)16(21)19-14-4-9-20(10-5-14)17(22)13-2-7-18-8-3-13/h2-3,6-8,11,14H,4-5,9-10H2,1H3,(H,19,21). The molecule has 2 amide bonds. The topological polar surface area (TPSA) is 75.4 Å². The van der Waals surface area contributed by atoms with E-state index in [9.17, 15) is 9.59 Å². The molecule has 0 spiro atoms. The van der Waals surface area contributed by atoms with Gasteiger partial charge in [0.2, 0.25) is 0 Å². The summed E-state index contributed by atoms with van der Waals surface area (Å²) in [6.45, 7) is 3.10. The lowest BCUT2D eigenvalue weighted by Crippen LogP contribution is -2.46. The Labute approximate surface area is 134 Å². The smallest absolute Gasteiger partial charge is 0.287 e. The lowest BCUT2D eigenvalue weighted by Gasteiger charge is -2.32. The first kappa shape index (κ1) is 15.3. The Kier molecular flexibility index (Phi) is 4.41. The SMILES string of the molecule is Cc1ccoc1C(=O)NC1CCN(C(=O)c2ccncc2)CC1. The third kappa shape index (κ3) is 3.41. The molecule has 0 aromatic carbocycles. The molecule has 1 N–H and O–H groups in total. The van der Waals surface area contributed by atoms with E-state index in [1.807, 2.05) is 11.8 Å². The lowest BCUT2D eigenvalue weighted by atomic mass is 10.0. The van der Waals surface area contributed by atoms with Gasteiger partial charge in [-0.25, -0.2) is 0 Å². The summed E-state index contributed by atoms with van der Waals surface area (Å²) >= 11 is 0. The zero-order chi connectivity index (χ0) is 16.2. The number of aryl methyl sites for hydroxylation is 1. The summed E-state index contributed by atoms with van der Waals surface area (Å²) in [7, 11) is 0. The number of hydrogen-bond donors (Lipinski definition) is 1. The summed E-state index contributed by atoms with van der Waals surface area (Å²) in [5.74, 6) is 0.186. The summed E-state index contributed by atoms with van der Waals surface area (Å²) < 4.78 is 5.20. The minimum atomic E-state index is -0.189. The van der Waals surface area contributed by atoms with Gasteiger partial charge in [-0.3, -0.25) is 14.6 Å². The second kappa shape index (κ2) is 6.64. The van der Waals surface area contributed by atoms with Crippen LogP contribution in [0.25, 0.3) is 0 Å². The van der Waals surface area contributed by atoms with Crippen LogP contribution >= 0.6 is 0 Å². The van der Waals surface area contributed by atoms with Crippen LogP contribution in [-0.4, -0.2) is 40.8 Å². The number of amides is 2. The van der Waals surface area contributed by atoms with E-state index in [1.54, 1.807) is 30.6 Å². The molecule has 1 saturated heterocycles. The zero-order valence-electron chi connectivity index (χ0n) is 13.0. The number of carbonyl (C=O) groups is 2. The summed E-state index contributed by atoms with van der Waals surface area (Å²) in [5.41, 5.74) is 1.47. The number of nitrogens with one attached hydrogen (secondary N) is 1. The number of piperidine rings is 1. The maximum Gasteiger partial charge on any atom is 0.287 e. The predicted molar refractivity (Wildman–Crippen MR) is 84.1 cm³/mol. The number of rotatable bonds is 3. The number of carbonyl (C=O) groups excluding carboxylic acids is 2. The Morgan fingerprint density at radius 2 is 1.91 bits per heavy atom. The number of furan rings is 1. The van der Waals surface area contributed by atoms with Gasteiger partial charge in [-0.05, 0) is 38.0 Å². The molecule has 0 unspecified atom stereocenters. The monoisotopic (exact) mass is 313 g/mol. The maximum absolute atomic E-state index is 12.4. The fraction of sp³-hybridized carbons (Fsp3) is 0.353. The van der Waals surface area contributed by atoms with Crippen LogP contribution < -0.4 is 5.32 Å². The average molecular weight is 313 g/mol. The van der Waals surface area contributed by atoms with E-state index in [4.69, 9.17) is 4.42 Å². The van der Waals surface area contributed by atoms with Gasteiger partial charge in [-0.15, -0.1) is 0 Å². The molecule has 1 fully saturated rings. The van der Waals surface area contributed by atoms with Crippen molar-refractivity contribution in [1.29, 1.82) is 0 Å². The van der Waals surface area contributed by atoms with E-state index < -0.39 is 0 Å². The average Bonchev–Trinajstić information content (AvgIpc) is 3.02. The van der Waals surface area contributed by atoms with Gasteiger partial charge in [0.05, 0.1) is 6.26 Å². The van der Waals surface area contributed by atoms with Gasteiger partial charge in [-0.1, -0.05) is 0 Å². The largest absolute Gasteiger partial charge is 0.459 e. The highest BCUT2D eigenvalue weighted by Gasteiger charge is 2.25. The van der Waals surface area contributed by atoms with Gasteiger partial charge in [-0.2, -0.15) is 0 Å². The Morgan fingerprint density at radius 3 is 2.52 bits per heavy atom. The molecular weight excluding hydrogens is 294 g/mol. The third-order valence-electron chi connectivity index (χ3n) is 4.11. The second-order valence-corrected chi connectivity index (χ2v) is 5.71. The number of pyridine rings is 1. The summed E-state index contributed by atoms with van der Waals surface area (Å²) in [6, 6.07) is 5.27. The fourth-order valence-electron chi connectivity index (χ4n) is 2.76. The van der Waals surface area contributed by atoms with E-state index >= 15 is 0 Å². The molecule has 6 heteroatoms. The molecule has 3 heterocycles. The molecule has 0 saturated carbocycles. The molecule has 6 nitrogen and oxygen atoms in total. The van der Waals surface area contributed by atoms with E-state index in [0.29, 0.717) is 24.4 Å². The van der Waals surface area contributed by atoms with Crippen LogP contribution in [0.1, 0.15) is 39.3 Å². The van der Waals surface area contributed by atoms with Gasteiger partial charge in [0, 0.05) is 42.7 Å². The number of hydrogen-bond acceptors (Lipinski definition) is 4. The van der Waals surface area contributed by atoms with Crippen molar-refractivity contribution in [2.24, 2.45) is 0 Å². The second-order valence-electron chi connectivity index (χ2n) is 5.71. The van der Waals surface area contributed by atoms with Gasteiger partial charge in [0.25, 0.3) is 11.8 Å². The predicted octanol–water partition coefficient (Wildman–Crippen LogP) is 2.02. The van der Waals surface area contributed by atoms with E-state index in [0.717, 1.165) is 18.4 Å². The van der Waals surface area contributed by atoms with Crippen molar-refractivity contribution < 1.29 is 14.0 Å². The van der Waals surface area contributed by atoms with Crippen LogP contribution in [0.4, 0.5) is 0 Å². The van der Waals surface area contributed by atoms with Crippen LogP contribution in [0.3, 0.4) is 0 Å². The first-order valence-corrected chi connectivity index (χ1v) is 7.69. The normalized spacial score (nSPS) is 15.4. The first-order chi connectivity index (χ1) is 11.1. The molecule has 0 bridgehead atoms. The summed E-state index contributed by atoms with van der Waals surface area (Å²) in [6.07, 6.45) is 6.22. The minimum Gasteiger partial charge on any atom is -0.459 e. The molecule has 120 valence electrons. The number of aromatic nitrogens is 1. The molecule has 0 radical (unpaired) electrons. The fourth-order valence-corrected chi connectivity index (χ4v) is 2.76. The highest BCUT2D eigenvalue weighted by Crippen LogP contribution is 2.15. The molecule has 2 aromatic heterocycles. The third-order valence-corrected chi connectivity index (χ3v) is 4.11. The highest BCUT2D eigenvalue weighted by molar-refractivity contribution is 5.94. The van der Waals surface area contributed by atoms with E-state index in [1.165, 1.54) is 6.26 Å². The van der Waals surface area contributed by atoms with Crippen molar-refractivity contribution in [3.8, 4) is 0 Å². The van der Waals surface area contributed by atoms with E-state index in [2.05, 4.69) is 10.3 Å². The maximum atomic E-state index is 12.4. The van der Waals surface area contributed by atoms with Crippen LogP contribution in [0.5, 0.6) is 0 Å². The Hall–Kier alpha value is -2.63. The Balaban J connectivity index is 1.54. The van der Waals surface area contributed by atoms with Crippen LogP contribution in [0, 0.1) is 6.92 Å². The van der Waals surface area contributed by atoms with Crippen molar-refractivity contribution in [1.82, 2.24) is 15.2 Å². The molecule has 3 rings (SSSR count). The molecule has 0 aliphatic carbocycles. The quantitative estimate of drug-likeness (QED) is 0.940. The Morgan fingerprint density at radius 1 is 1.22 bits per heavy atom. The molecule has 23 heavy (non-hydrogen) atoms. The van der Waals surface area contributed by atoms with Gasteiger partial charge in [0.15, 0.2) is 5.76 Å². The van der Waals surface area contributed by atoms with Gasteiger partial charge in [0.1, 0.15) is 0 Å². The molecule has 1 aliphatic heterocycles. The van der Waals surface area contributed by atoms with E-state index in [-0.39, 0.29) is 17.9 Å². The molecular formula is C17H19N3O3. The number of nitrogens with zero attached hydrogens (tertiary/aromatic N) is 2.